The summed E-state index contributed by atoms with van der Waals surface area (Å²) in [6.45, 7) is 7.42. The molecule has 4 heteroatoms. The molecule has 1 heterocycles. The van der Waals surface area contributed by atoms with Crippen molar-refractivity contribution in [1.29, 1.82) is 0 Å². The van der Waals surface area contributed by atoms with Gasteiger partial charge in [-0.1, -0.05) is 12.6 Å². The molecule has 0 bridgehead atoms. The number of hydrogen-bond donors (Lipinski definition) is 0. The summed E-state index contributed by atoms with van der Waals surface area (Å²) in [6, 6.07) is 4.18. The lowest BCUT2D eigenvalue weighted by Crippen LogP contribution is -2.26. The van der Waals surface area contributed by atoms with Crippen molar-refractivity contribution in [3.63, 3.8) is 0 Å². The maximum atomic E-state index is 11.4. The molecule has 0 N–H and O–H groups in total. The topological polar surface area (TPSA) is 29.5 Å². The predicted octanol–water partition coefficient (Wildman–Crippen LogP) is 2.34. The van der Waals surface area contributed by atoms with Crippen molar-refractivity contribution >= 4 is 17.3 Å². The SMILES string of the molecule is C=C(CN(C)CCc1cccs1)C(=O)OCC. The van der Waals surface area contributed by atoms with Gasteiger partial charge in [0.2, 0.25) is 0 Å². The Morgan fingerprint density at radius 2 is 2.35 bits per heavy atom. The number of thiophene rings is 1. The summed E-state index contributed by atoms with van der Waals surface area (Å²) in [7, 11) is 1.98. The van der Waals surface area contributed by atoms with E-state index in [0.29, 0.717) is 18.7 Å². The highest BCUT2D eigenvalue weighted by Crippen LogP contribution is 2.09. The molecule has 0 amide bonds. The number of rotatable bonds is 7. The third-order valence-corrected chi connectivity index (χ3v) is 3.28. The Morgan fingerprint density at radius 1 is 1.59 bits per heavy atom. The van der Waals surface area contributed by atoms with E-state index >= 15 is 0 Å². The lowest BCUT2D eigenvalue weighted by atomic mass is 10.2. The van der Waals surface area contributed by atoms with Crippen molar-refractivity contribution < 1.29 is 9.53 Å². The lowest BCUT2D eigenvalue weighted by molar-refractivity contribution is -0.138. The molecule has 0 atom stereocenters. The monoisotopic (exact) mass is 253 g/mol. The first-order valence-corrected chi connectivity index (χ1v) is 6.57. The van der Waals surface area contributed by atoms with Gasteiger partial charge >= 0.3 is 5.97 Å². The van der Waals surface area contributed by atoms with E-state index in [-0.39, 0.29) is 5.97 Å². The lowest BCUT2D eigenvalue weighted by Gasteiger charge is -2.16. The molecule has 0 unspecified atom stereocenters. The van der Waals surface area contributed by atoms with Crippen LogP contribution in [0.2, 0.25) is 0 Å². The van der Waals surface area contributed by atoms with E-state index in [9.17, 15) is 4.79 Å². The molecule has 0 aliphatic heterocycles. The standard InChI is InChI=1S/C13H19NO2S/c1-4-16-13(15)11(2)10-14(3)8-7-12-6-5-9-17-12/h5-6,9H,2,4,7-8,10H2,1,3H3. The van der Waals surface area contributed by atoms with Crippen LogP contribution in [0.3, 0.4) is 0 Å². The minimum atomic E-state index is -0.296. The largest absolute Gasteiger partial charge is 0.463 e. The smallest absolute Gasteiger partial charge is 0.334 e. The first-order chi connectivity index (χ1) is 8.13. The van der Waals surface area contributed by atoms with Gasteiger partial charge in [-0.3, -0.25) is 0 Å². The van der Waals surface area contributed by atoms with Gasteiger partial charge in [0, 0.05) is 23.5 Å². The summed E-state index contributed by atoms with van der Waals surface area (Å²) in [6.07, 6.45) is 1.00. The second kappa shape index (κ2) is 7.25. The molecule has 17 heavy (non-hydrogen) atoms. The average Bonchev–Trinajstić information content (AvgIpc) is 2.79. The minimum Gasteiger partial charge on any atom is -0.463 e. The third-order valence-electron chi connectivity index (χ3n) is 2.34. The summed E-state index contributed by atoms with van der Waals surface area (Å²) in [5.41, 5.74) is 0.514. The Bertz CT molecular complexity index is 360. The van der Waals surface area contributed by atoms with Crippen LogP contribution in [-0.4, -0.2) is 37.6 Å². The molecule has 0 saturated heterocycles. The van der Waals surface area contributed by atoms with E-state index in [0.717, 1.165) is 13.0 Å². The second-order valence-electron chi connectivity index (χ2n) is 3.89. The van der Waals surface area contributed by atoms with E-state index in [1.165, 1.54) is 4.88 Å². The fraction of sp³-hybridized carbons (Fsp3) is 0.462. The molecule has 3 nitrogen and oxygen atoms in total. The van der Waals surface area contributed by atoms with Crippen LogP contribution < -0.4 is 0 Å². The van der Waals surface area contributed by atoms with Crippen molar-refractivity contribution in [3.8, 4) is 0 Å². The van der Waals surface area contributed by atoms with E-state index in [1.54, 1.807) is 18.3 Å². The van der Waals surface area contributed by atoms with Gasteiger partial charge in [0.1, 0.15) is 0 Å². The van der Waals surface area contributed by atoms with Gasteiger partial charge in [0.15, 0.2) is 0 Å². The van der Waals surface area contributed by atoms with Crippen molar-refractivity contribution in [2.24, 2.45) is 0 Å². The number of carbonyl (C=O) groups is 1. The van der Waals surface area contributed by atoms with Gasteiger partial charge in [0.25, 0.3) is 0 Å². The number of nitrogens with zero attached hydrogens (tertiary/aromatic N) is 1. The molecule has 0 fully saturated rings. The van der Waals surface area contributed by atoms with Gasteiger partial charge in [-0.2, -0.15) is 0 Å². The zero-order valence-corrected chi connectivity index (χ0v) is 11.3. The van der Waals surface area contributed by atoms with Crippen LogP contribution >= 0.6 is 11.3 Å². The minimum absolute atomic E-state index is 0.296. The zero-order valence-electron chi connectivity index (χ0n) is 10.4. The van der Waals surface area contributed by atoms with Crippen LogP contribution in [0.25, 0.3) is 0 Å². The molecule has 0 spiro atoms. The van der Waals surface area contributed by atoms with E-state index in [4.69, 9.17) is 4.74 Å². The Morgan fingerprint density at radius 3 is 2.94 bits per heavy atom. The van der Waals surface area contributed by atoms with Crippen molar-refractivity contribution in [2.45, 2.75) is 13.3 Å². The third kappa shape index (κ3) is 5.15. The quantitative estimate of drug-likeness (QED) is 0.552. The number of ether oxygens (including phenoxy) is 1. The summed E-state index contributed by atoms with van der Waals surface area (Å²) in [5, 5.41) is 2.08. The molecule has 0 saturated carbocycles. The average molecular weight is 253 g/mol. The maximum Gasteiger partial charge on any atom is 0.334 e. The number of likely N-dealkylation sites (N-methyl/N-ethyl adjacent to an activating group) is 1. The molecule has 1 aromatic rings. The number of hydrogen-bond acceptors (Lipinski definition) is 4. The highest BCUT2D eigenvalue weighted by Gasteiger charge is 2.10. The Balaban J connectivity index is 2.27. The first kappa shape index (κ1) is 13.9. The van der Waals surface area contributed by atoms with Gasteiger partial charge in [0.05, 0.1) is 6.61 Å². The molecule has 1 aromatic heterocycles. The van der Waals surface area contributed by atoms with Crippen LogP contribution in [0, 0.1) is 0 Å². The van der Waals surface area contributed by atoms with Gasteiger partial charge in [-0.15, -0.1) is 11.3 Å². The van der Waals surface area contributed by atoms with Crippen molar-refractivity contribution in [2.75, 3.05) is 26.7 Å². The maximum absolute atomic E-state index is 11.4. The normalized spacial score (nSPS) is 10.5. The van der Waals surface area contributed by atoms with E-state index in [2.05, 4.69) is 29.0 Å². The Hall–Kier alpha value is -1.13. The van der Waals surface area contributed by atoms with Crippen LogP contribution in [0.1, 0.15) is 11.8 Å². The van der Waals surface area contributed by atoms with Gasteiger partial charge in [-0.25, -0.2) is 4.79 Å². The Labute approximate surface area is 107 Å². The zero-order chi connectivity index (χ0) is 12.7. The van der Waals surface area contributed by atoms with Crippen LogP contribution in [0.5, 0.6) is 0 Å². The molecule has 0 aliphatic carbocycles. The molecule has 0 radical (unpaired) electrons. The van der Waals surface area contributed by atoms with Crippen molar-refractivity contribution in [1.82, 2.24) is 4.90 Å². The molecule has 1 rings (SSSR count). The van der Waals surface area contributed by atoms with Gasteiger partial charge < -0.3 is 9.64 Å². The Kier molecular flexibility index (Phi) is 5.94. The van der Waals surface area contributed by atoms with Crippen LogP contribution in [0.4, 0.5) is 0 Å². The molecular weight excluding hydrogens is 234 g/mol. The van der Waals surface area contributed by atoms with Crippen LogP contribution in [0.15, 0.2) is 29.7 Å². The first-order valence-electron chi connectivity index (χ1n) is 5.69. The molecule has 0 aromatic carbocycles. The summed E-state index contributed by atoms with van der Waals surface area (Å²) in [4.78, 5) is 14.8. The highest BCUT2D eigenvalue weighted by molar-refractivity contribution is 7.09. The number of esters is 1. The molecule has 94 valence electrons. The highest BCUT2D eigenvalue weighted by atomic mass is 32.1. The predicted molar refractivity (Wildman–Crippen MR) is 71.3 cm³/mol. The summed E-state index contributed by atoms with van der Waals surface area (Å²) >= 11 is 1.76. The second-order valence-corrected chi connectivity index (χ2v) is 4.92. The summed E-state index contributed by atoms with van der Waals surface area (Å²) < 4.78 is 4.89. The fourth-order valence-corrected chi connectivity index (χ4v) is 2.16. The molecule has 0 aliphatic rings. The van der Waals surface area contributed by atoms with Crippen LogP contribution in [-0.2, 0) is 16.0 Å². The summed E-state index contributed by atoms with van der Waals surface area (Å²) in [5.74, 6) is -0.296. The van der Waals surface area contributed by atoms with Crippen molar-refractivity contribution in [3.05, 3.63) is 34.5 Å². The molecular formula is C13H19NO2S. The van der Waals surface area contributed by atoms with E-state index < -0.39 is 0 Å². The number of carbonyl (C=O) groups excluding carboxylic acids is 1. The van der Waals surface area contributed by atoms with Gasteiger partial charge in [-0.05, 0) is 31.8 Å². The fourth-order valence-electron chi connectivity index (χ4n) is 1.46. The van der Waals surface area contributed by atoms with E-state index in [1.807, 2.05) is 7.05 Å².